The van der Waals surface area contributed by atoms with Gasteiger partial charge in [0.1, 0.15) is 0 Å². The van der Waals surface area contributed by atoms with Crippen LogP contribution < -0.4 is 0 Å². The average Bonchev–Trinajstić information content (AvgIpc) is 2.14. The lowest BCUT2D eigenvalue weighted by atomic mass is 10.1. The molecule has 0 unspecified atom stereocenters. The van der Waals surface area contributed by atoms with E-state index in [-0.39, 0.29) is 0 Å². The molecule has 0 aromatic rings. The van der Waals surface area contributed by atoms with E-state index in [1.807, 2.05) is 12.1 Å². The average molecular weight is 162 g/mol. The molecule has 0 radical (unpaired) electrons. The van der Waals surface area contributed by atoms with Crippen molar-refractivity contribution in [3.63, 3.8) is 0 Å². The van der Waals surface area contributed by atoms with Crippen LogP contribution in [0, 0.1) is 11.3 Å². The zero-order valence-electron chi connectivity index (χ0n) is 7.24. The highest BCUT2D eigenvalue weighted by Crippen LogP contribution is 2.08. The molecule has 0 aliphatic carbocycles. The molecule has 2 heteroatoms. The minimum Gasteiger partial charge on any atom is -0.377 e. The summed E-state index contributed by atoms with van der Waals surface area (Å²) in [5.74, 6) is 0. The first-order valence-corrected chi connectivity index (χ1v) is 4.40. The van der Waals surface area contributed by atoms with Gasteiger partial charge in [-0.25, -0.2) is 0 Å². The molecule has 0 bridgehead atoms. The lowest BCUT2D eigenvalue weighted by molar-refractivity contribution is 0.309. The van der Waals surface area contributed by atoms with Gasteiger partial charge in [0.25, 0.3) is 0 Å². The number of likely N-dealkylation sites (tertiary alicyclic amines) is 1. The summed E-state index contributed by atoms with van der Waals surface area (Å²) in [6.07, 6.45) is 11.2. The van der Waals surface area contributed by atoms with Crippen LogP contribution in [0.25, 0.3) is 0 Å². The monoisotopic (exact) mass is 162 g/mol. The van der Waals surface area contributed by atoms with Crippen LogP contribution in [0.15, 0.2) is 24.4 Å². The van der Waals surface area contributed by atoms with E-state index in [1.165, 1.54) is 25.3 Å². The van der Waals surface area contributed by atoms with Crippen LogP contribution in [0.3, 0.4) is 0 Å². The Morgan fingerprint density at radius 2 is 1.83 bits per heavy atom. The van der Waals surface area contributed by atoms with Crippen LogP contribution in [0.4, 0.5) is 0 Å². The number of hydrogen-bond acceptors (Lipinski definition) is 2. The maximum absolute atomic E-state index is 8.22. The number of allylic oxidation sites excluding steroid dienone is 3. The molecule has 64 valence electrons. The third-order valence-corrected chi connectivity index (χ3v) is 1.97. The van der Waals surface area contributed by atoms with Crippen molar-refractivity contribution in [1.29, 1.82) is 5.26 Å². The van der Waals surface area contributed by atoms with E-state index in [1.54, 1.807) is 6.08 Å². The molecular formula is C10H14N2. The lowest BCUT2D eigenvalue weighted by Gasteiger charge is -2.24. The Morgan fingerprint density at radius 3 is 2.50 bits per heavy atom. The second kappa shape index (κ2) is 5.42. The fourth-order valence-corrected chi connectivity index (χ4v) is 1.34. The van der Waals surface area contributed by atoms with Crippen LogP contribution in [0.5, 0.6) is 0 Å². The molecule has 0 N–H and O–H groups in total. The molecule has 1 aliphatic heterocycles. The summed E-state index contributed by atoms with van der Waals surface area (Å²) >= 11 is 0. The topological polar surface area (TPSA) is 27.0 Å². The van der Waals surface area contributed by atoms with E-state index >= 15 is 0 Å². The number of hydrogen-bond donors (Lipinski definition) is 0. The quantitative estimate of drug-likeness (QED) is 0.459. The number of nitriles is 1. The van der Waals surface area contributed by atoms with Gasteiger partial charge in [-0.15, -0.1) is 0 Å². The van der Waals surface area contributed by atoms with E-state index in [0.717, 1.165) is 13.1 Å². The number of nitrogens with zero attached hydrogens (tertiary/aromatic N) is 2. The van der Waals surface area contributed by atoms with Crippen LogP contribution in [0.1, 0.15) is 19.3 Å². The standard InChI is InChI=1S/C10H14N2/c11-7-3-1-4-8-12-9-5-2-6-10-12/h1,3-4,8H,2,5-6,9-10H2/b3-1-,8-4+. The van der Waals surface area contributed by atoms with Crippen molar-refractivity contribution < 1.29 is 0 Å². The Kier molecular flexibility index (Phi) is 4.01. The lowest BCUT2D eigenvalue weighted by Crippen LogP contribution is -2.23. The van der Waals surface area contributed by atoms with Crippen molar-refractivity contribution in [2.45, 2.75) is 19.3 Å². The van der Waals surface area contributed by atoms with Crippen LogP contribution in [-0.2, 0) is 0 Å². The molecular weight excluding hydrogens is 148 g/mol. The van der Waals surface area contributed by atoms with E-state index < -0.39 is 0 Å². The molecule has 2 nitrogen and oxygen atoms in total. The molecule has 1 heterocycles. The Morgan fingerprint density at radius 1 is 1.08 bits per heavy atom. The van der Waals surface area contributed by atoms with Crippen molar-refractivity contribution in [1.82, 2.24) is 4.90 Å². The summed E-state index contributed by atoms with van der Waals surface area (Å²) in [5.41, 5.74) is 0. The first-order valence-electron chi connectivity index (χ1n) is 4.40. The van der Waals surface area contributed by atoms with Crippen molar-refractivity contribution in [3.05, 3.63) is 24.4 Å². The van der Waals surface area contributed by atoms with Crippen LogP contribution >= 0.6 is 0 Å². The molecule has 0 aromatic heterocycles. The highest BCUT2D eigenvalue weighted by Gasteiger charge is 2.03. The van der Waals surface area contributed by atoms with E-state index in [9.17, 15) is 0 Å². The fraction of sp³-hybridized carbons (Fsp3) is 0.500. The summed E-state index contributed by atoms with van der Waals surface area (Å²) in [6.45, 7) is 2.33. The van der Waals surface area contributed by atoms with Gasteiger partial charge in [0.15, 0.2) is 0 Å². The van der Waals surface area contributed by atoms with Crippen LogP contribution in [-0.4, -0.2) is 18.0 Å². The highest BCUT2D eigenvalue weighted by atomic mass is 15.1. The van der Waals surface area contributed by atoms with Crippen molar-refractivity contribution >= 4 is 0 Å². The van der Waals surface area contributed by atoms with Gasteiger partial charge in [-0.2, -0.15) is 5.26 Å². The maximum Gasteiger partial charge on any atom is 0.0912 e. The summed E-state index contributed by atoms with van der Waals surface area (Å²) in [7, 11) is 0. The smallest absolute Gasteiger partial charge is 0.0912 e. The van der Waals surface area contributed by atoms with Crippen molar-refractivity contribution in [3.8, 4) is 6.07 Å². The molecule has 0 spiro atoms. The molecule has 0 saturated carbocycles. The second-order valence-corrected chi connectivity index (χ2v) is 2.93. The summed E-state index contributed by atoms with van der Waals surface area (Å²) in [4.78, 5) is 2.30. The van der Waals surface area contributed by atoms with Gasteiger partial charge in [0.05, 0.1) is 6.07 Å². The Bertz CT molecular complexity index is 204. The summed E-state index contributed by atoms with van der Waals surface area (Å²) in [6, 6.07) is 1.96. The molecule has 12 heavy (non-hydrogen) atoms. The first-order chi connectivity index (χ1) is 5.93. The summed E-state index contributed by atoms with van der Waals surface area (Å²) in [5, 5.41) is 8.22. The van der Waals surface area contributed by atoms with E-state index in [0.29, 0.717) is 0 Å². The number of rotatable bonds is 2. The Hall–Kier alpha value is -1.23. The third-order valence-electron chi connectivity index (χ3n) is 1.97. The van der Waals surface area contributed by atoms with Gasteiger partial charge >= 0.3 is 0 Å². The highest BCUT2D eigenvalue weighted by molar-refractivity contribution is 5.11. The molecule has 1 saturated heterocycles. The minimum atomic E-state index is 1.16. The number of piperidine rings is 1. The van der Waals surface area contributed by atoms with Gasteiger partial charge in [-0.3, -0.25) is 0 Å². The Balaban J connectivity index is 2.25. The first kappa shape index (κ1) is 8.86. The largest absolute Gasteiger partial charge is 0.377 e. The van der Waals surface area contributed by atoms with Gasteiger partial charge in [0, 0.05) is 19.2 Å². The Labute approximate surface area is 73.8 Å². The zero-order chi connectivity index (χ0) is 8.65. The van der Waals surface area contributed by atoms with Crippen molar-refractivity contribution in [2.24, 2.45) is 0 Å². The zero-order valence-corrected chi connectivity index (χ0v) is 7.24. The molecule has 0 aromatic carbocycles. The molecule has 1 fully saturated rings. The predicted molar refractivity (Wildman–Crippen MR) is 49.3 cm³/mol. The van der Waals surface area contributed by atoms with Crippen LogP contribution in [0.2, 0.25) is 0 Å². The molecule has 0 amide bonds. The van der Waals surface area contributed by atoms with Gasteiger partial charge in [-0.05, 0) is 31.5 Å². The van der Waals surface area contributed by atoms with E-state index in [2.05, 4.69) is 11.1 Å². The molecule has 1 rings (SSSR count). The maximum atomic E-state index is 8.22. The van der Waals surface area contributed by atoms with E-state index in [4.69, 9.17) is 5.26 Å². The second-order valence-electron chi connectivity index (χ2n) is 2.93. The normalized spacial score (nSPS) is 18.8. The van der Waals surface area contributed by atoms with Gasteiger partial charge < -0.3 is 4.90 Å². The van der Waals surface area contributed by atoms with Gasteiger partial charge in [-0.1, -0.05) is 6.08 Å². The fourth-order valence-electron chi connectivity index (χ4n) is 1.34. The minimum absolute atomic E-state index is 1.16. The molecule has 1 aliphatic rings. The van der Waals surface area contributed by atoms with Gasteiger partial charge in [0.2, 0.25) is 0 Å². The predicted octanol–water partition coefficient (Wildman–Crippen LogP) is 2.07. The summed E-state index contributed by atoms with van der Waals surface area (Å²) < 4.78 is 0. The molecule has 0 atom stereocenters. The van der Waals surface area contributed by atoms with Crippen molar-refractivity contribution in [2.75, 3.05) is 13.1 Å². The third kappa shape index (κ3) is 3.25. The SMILES string of the molecule is N#C/C=C\C=C\N1CCCCC1.